The van der Waals surface area contributed by atoms with Crippen molar-refractivity contribution in [3.8, 4) is 0 Å². The predicted molar refractivity (Wildman–Crippen MR) is 89.5 cm³/mol. The monoisotopic (exact) mass is 391 g/mol. The summed E-state index contributed by atoms with van der Waals surface area (Å²) in [5.74, 6) is 0. The van der Waals surface area contributed by atoms with Crippen LogP contribution < -0.4 is 16.0 Å². The van der Waals surface area contributed by atoms with Crippen molar-refractivity contribution in [2.75, 3.05) is 18.4 Å². The third-order valence-electron chi connectivity index (χ3n) is 3.17. The zero-order chi connectivity index (χ0) is 11.7. The number of imidazole rings is 1. The van der Waals surface area contributed by atoms with E-state index in [1.165, 1.54) is 5.56 Å². The highest BCUT2D eigenvalue weighted by Crippen LogP contribution is 2.24. The van der Waals surface area contributed by atoms with Gasteiger partial charge in [-0.2, -0.15) is 0 Å². The number of halogens is 2. The number of aryl methyl sites for hydroxylation is 1. The summed E-state index contributed by atoms with van der Waals surface area (Å²) >= 11 is 0. The molecule has 0 bridgehead atoms. The standard InChI is InChI=1S/C12H17N5.2BrH/c1-2-8-9(17-12-13-5-6-14-12)3-4-10-11(8)16-7-15-10;;/h3-4,7,12-14,17H,2,5-6H2,1H3,(H,15,16);2*1H. The molecule has 106 valence electrons. The summed E-state index contributed by atoms with van der Waals surface area (Å²) in [7, 11) is 0. The first kappa shape index (κ1) is 16.4. The van der Waals surface area contributed by atoms with Crippen molar-refractivity contribution in [2.45, 2.75) is 19.6 Å². The quantitative estimate of drug-likeness (QED) is 0.646. The number of nitrogens with zero attached hydrogens (tertiary/aromatic N) is 1. The summed E-state index contributed by atoms with van der Waals surface area (Å²) < 4.78 is 0. The van der Waals surface area contributed by atoms with Gasteiger partial charge < -0.3 is 10.3 Å². The highest BCUT2D eigenvalue weighted by Gasteiger charge is 2.15. The molecule has 0 spiro atoms. The zero-order valence-corrected chi connectivity index (χ0v) is 14.1. The number of benzene rings is 1. The molecule has 0 atom stereocenters. The Morgan fingerprint density at radius 2 is 2.00 bits per heavy atom. The van der Waals surface area contributed by atoms with Gasteiger partial charge in [-0.1, -0.05) is 6.92 Å². The Bertz CT molecular complexity index is 522. The summed E-state index contributed by atoms with van der Waals surface area (Å²) in [5, 5.41) is 10.2. The van der Waals surface area contributed by atoms with E-state index in [1.54, 1.807) is 6.33 Å². The smallest absolute Gasteiger partial charge is 0.132 e. The van der Waals surface area contributed by atoms with E-state index in [4.69, 9.17) is 0 Å². The first-order chi connectivity index (χ1) is 8.38. The lowest BCUT2D eigenvalue weighted by atomic mass is 10.1. The number of H-pyrrole nitrogens is 1. The minimum Gasteiger partial charge on any atom is -0.357 e. The molecule has 0 aliphatic carbocycles. The number of rotatable bonds is 3. The van der Waals surface area contributed by atoms with Gasteiger partial charge >= 0.3 is 0 Å². The second-order valence-corrected chi connectivity index (χ2v) is 4.23. The van der Waals surface area contributed by atoms with Crippen LogP contribution in [-0.2, 0) is 6.42 Å². The van der Waals surface area contributed by atoms with E-state index >= 15 is 0 Å². The molecular weight excluding hydrogens is 374 g/mol. The lowest BCUT2D eigenvalue weighted by Gasteiger charge is -2.17. The van der Waals surface area contributed by atoms with E-state index in [2.05, 4.69) is 45.0 Å². The largest absolute Gasteiger partial charge is 0.357 e. The van der Waals surface area contributed by atoms with Crippen molar-refractivity contribution in [2.24, 2.45) is 0 Å². The molecule has 3 rings (SSSR count). The van der Waals surface area contributed by atoms with Gasteiger partial charge in [-0.05, 0) is 18.6 Å². The van der Waals surface area contributed by atoms with Gasteiger partial charge in [-0.3, -0.25) is 10.6 Å². The minimum atomic E-state index is 0. The van der Waals surface area contributed by atoms with Crippen molar-refractivity contribution in [1.82, 2.24) is 20.6 Å². The Morgan fingerprint density at radius 3 is 2.68 bits per heavy atom. The third kappa shape index (κ3) is 3.28. The van der Waals surface area contributed by atoms with Crippen LogP contribution in [-0.4, -0.2) is 29.3 Å². The van der Waals surface area contributed by atoms with E-state index in [9.17, 15) is 0 Å². The van der Waals surface area contributed by atoms with Crippen LogP contribution in [0.5, 0.6) is 0 Å². The summed E-state index contributed by atoms with van der Waals surface area (Å²) in [6, 6.07) is 4.18. The first-order valence-corrected chi connectivity index (χ1v) is 6.06. The van der Waals surface area contributed by atoms with E-state index in [0.717, 1.165) is 36.2 Å². The highest BCUT2D eigenvalue weighted by atomic mass is 79.9. The summed E-state index contributed by atoms with van der Waals surface area (Å²) in [4.78, 5) is 7.53. The van der Waals surface area contributed by atoms with Crippen molar-refractivity contribution in [3.05, 3.63) is 24.0 Å². The highest BCUT2D eigenvalue weighted by molar-refractivity contribution is 8.93. The molecule has 1 aliphatic rings. The molecule has 19 heavy (non-hydrogen) atoms. The van der Waals surface area contributed by atoms with Gasteiger partial charge in [0.2, 0.25) is 0 Å². The predicted octanol–water partition coefficient (Wildman–Crippen LogP) is 2.17. The fraction of sp³-hybridized carbons (Fsp3) is 0.417. The number of aromatic amines is 1. The number of aromatic nitrogens is 2. The summed E-state index contributed by atoms with van der Waals surface area (Å²) in [6.07, 6.45) is 2.88. The second-order valence-electron chi connectivity index (χ2n) is 4.23. The number of hydrogen-bond donors (Lipinski definition) is 4. The average Bonchev–Trinajstić information content (AvgIpc) is 2.98. The number of hydrogen-bond acceptors (Lipinski definition) is 4. The SMILES string of the molecule is Br.Br.CCc1c(NC2NCCN2)ccc2[nH]cnc12. The van der Waals surface area contributed by atoms with Crippen LogP contribution >= 0.6 is 34.0 Å². The van der Waals surface area contributed by atoms with Gasteiger partial charge in [0.15, 0.2) is 0 Å². The first-order valence-electron chi connectivity index (χ1n) is 6.06. The van der Waals surface area contributed by atoms with Crippen LogP contribution in [0.1, 0.15) is 12.5 Å². The van der Waals surface area contributed by atoms with Crippen molar-refractivity contribution in [1.29, 1.82) is 0 Å². The number of fused-ring (bicyclic) bond motifs is 1. The molecule has 1 aliphatic heterocycles. The van der Waals surface area contributed by atoms with E-state index < -0.39 is 0 Å². The topological polar surface area (TPSA) is 64.8 Å². The fourth-order valence-corrected chi connectivity index (χ4v) is 2.32. The van der Waals surface area contributed by atoms with Crippen LogP contribution in [0.25, 0.3) is 11.0 Å². The molecule has 1 aromatic carbocycles. The number of anilines is 1. The molecule has 0 radical (unpaired) electrons. The zero-order valence-electron chi connectivity index (χ0n) is 10.7. The van der Waals surface area contributed by atoms with Gasteiger partial charge in [0, 0.05) is 24.3 Å². The van der Waals surface area contributed by atoms with E-state index in [-0.39, 0.29) is 40.3 Å². The van der Waals surface area contributed by atoms with Crippen LogP contribution in [0.3, 0.4) is 0 Å². The van der Waals surface area contributed by atoms with Crippen LogP contribution in [0, 0.1) is 0 Å². The normalized spacial score (nSPS) is 15.0. The molecule has 5 nitrogen and oxygen atoms in total. The van der Waals surface area contributed by atoms with Gasteiger partial charge in [0.25, 0.3) is 0 Å². The van der Waals surface area contributed by atoms with Crippen LogP contribution in [0.15, 0.2) is 18.5 Å². The Morgan fingerprint density at radius 1 is 1.26 bits per heavy atom. The molecular formula is C12H19Br2N5. The maximum atomic E-state index is 4.39. The Hall–Kier alpha value is -0.630. The minimum absolute atomic E-state index is 0. The van der Waals surface area contributed by atoms with Crippen molar-refractivity contribution < 1.29 is 0 Å². The van der Waals surface area contributed by atoms with Gasteiger partial charge in [0.1, 0.15) is 6.29 Å². The average molecular weight is 393 g/mol. The molecule has 0 saturated carbocycles. The molecule has 2 heterocycles. The molecule has 0 unspecified atom stereocenters. The van der Waals surface area contributed by atoms with Crippen LogP contribution in [0.2, 0.25) is 0 Å². The van der Waals surface area contributed by atoms with Gasteiger partial charge in [0.05, 0.1) is 17.4 Å². The molecule has 4 N–H and O–H groups in total. The maximum Gasteiger partial charge on any atom is 0.132 e. The number of nitrogens with one attached hydrogen (secondary N) is 4. The van der Waals surface area contributed by atoms with Crippen molar-refractivity contribution in [3.63, 3.8) is 0 Å². The van der Waals surface area contributed by atoms with Crippen molar-refractivity contribution >= 4 is 50.7 Å². The van der Waals surface area contributed by atoms with E-state index in [0.29, 0.717) is 0 Å². The molecule has 7 heteroatoms. The second kappa shape index (κ2) is 7.23. The summed E-state index contributed by atoms with van der Waals surface area (Å²) in [6.45, 7) is 4.16. The molecule has 0 amide bonds. The fourth-order valence-electron chi connectivity index (χ4n) is 2.32. The van der Waals surface area contributed by atoms with Gasteiger partial charge in [-0.15, -0.1) is 34.0 Å². The van der Waals surface area contributed by atoms with E-state index in [1.807, 2.05) is 0 Å². The Kier molecular flexibility index (Phi) is 6.25. The lowest BCUT2D eigenvalue weighted by Crippen LogP contribution is -2.39. The summed E-state index contributed by atoms with van der Waals surface area (Å²) in [5.41, 5.74) is 4.58. The lowest BCUT2D eigenvalue weighted by molar-refractivity contribution is 0.620. The molecule has 1 saturated heterocycles. The third-order valence-corrected chi connectivity index (χ3v) is 3.17. The van der Waals surface area contributed by atoms with Crippen LogP contribution in [0.4, 0.5) is 5.69 Å². The van der Waals surface area contributed by atoms with Gasteiger partial charge in [-0.25, -0.2) is 4.98 Å². The molecule has 1 aromatic heterocycles. The molecule has 1 fully saturated rings. The molecule has 2 aromatic rings. The Labute approximate surface area is 133 Å². The Balaban J connectivity index is 0.000000902. The maximum absolute atomic E-state index is 4.39.